The maximum Gasteiger partial charge on any atom is 0.195 e. The summed E-state index contributed by atoms with van der Waals surface area (Å²) < 4.78 is 2.81. The highest BCUT2D eigenvalue weighted by Crippen LogP contribution is 2.19. The van der Waals surface area contributed by atoms with Gasteiger partial charge in [-0.05, 0) is 32.5 Å². The van der Waals surface area contributed by atoms with Gasteiger partial charge < -0.3 is 4.57 Å². The van der Waals surface area contributed by atoms with E-state index in [-0.39, 0.29) is 0 Å². The molecule has 1 heterocycles. The Morgan fingerprint density at radius 2 is 2.08 bits per heavy atom. The molecule has 0 saturated heterocycles. The molecular formula is C9H17N3S. The molecule has 1 aromatic heterocycles. The molecule has 1 atom stereocenters. The smallest absolute Gasteiger partial charge is 0.195 e. The van der Waals surface area contributed by atoms with Gasteiger partial charge in [0.25, 0.3) is 0 Å². The molecule has 1 rings (SSSR count). The number of H-pyrrole nitrogens is 1. The van der Waals surface area contributed by atoms with Crippen LogP contribution in [-0.4, -0.2) is 14.8 Å². The van der Waals surface area contributed by atoms with E-state index < -0.39 is 0 Å². The van der Waals surface area contributed by atoms with E-state index in [1.807, 2.05) is 0 Å². The highest BCUT2D eigenvalue weighted by Gasteiger charge is 2.13. The third kappa shape index (κ3) is 1.99. The maximum atomic E-state index is 5.16. The highest BCUT2D eigenvalue weighted by atomic mass is 32.1. The summed E-state index contributed by atoms with van der Waals surface area (Å²) in [7, 11) is 0. The van der Waals surface area contributed by atoms with Gasteiger partial charge >= 0.3 is 0 Å². The molecule has 0 spiro atoms. The Morgan fingerprint density at radius 3 is 2.54 bits per heavy atom. The molecule has 0 aromatic carbocycles. The molecule has 1 unspecified atom stereocenters. The Morgan fingerprint density at radius 1 is 1.46 bits per heavy atom. The number of hydrogen-bond donors (Lipinski definition) is 1. The zero-order chi connectivity index (χ0) is 10.0. The van der Waals surface area contributed by atoms with Crippen LogP contribution in [0.2, 0.25) is 0 Å². The van der Waals surface area contributed by atoms with Crippen LogP contribution in [-0.2, 0) is 0 Å². The van der Waals surface area contributed by atoms with Gasteiger partial charge in [-0.3, -0.25) is 5.10 Å². The first-order valence-corrected chi connectivity index (χ1v) is 5.15. The second kappa shape index (κ2) is 4.05. The average molecular weight is 199 g/mol. The van der Waals surface area contributed by atoms with Gasteiger partial charge in [-0.1, -0.05) is 13.8 Å². The fourth-order valence-electron chi connectivity index (χ4n) is 1.35. The maximum absolute atomic E-state index is 5.16. The normalized spacial score (nSPS) is 13.6. The van der Waals surface area contributed by atoms with E-state index in [0.29, 0.717) is 12.0 Å². The van der Waals surface area contributed by atoms with Gasteiger partial charge in [0.1, 0.15) is 5.82 Å². The summed E-state index contributed by atoms with van der Waals surface area (Å²) in [5.74, 6) is 1.54. The number of rotatable bonds is 3. The van der Waals surface area contributed by atoms with Gasteiger partial charge in [-0.2, -0.15) is 5.10 Å². The van der Waals surface area contributed by atoms with Crippen LogP contribution in [0.4, 0.5) is 0 Å². The van der Waals surface area contributed by atoms with Crippen LogP contribution in [0.25, 0.3) is 0 Å². The summed E-state index contributed by atoms with van der Waals surface area (Å²) in [5, 5.41) is 7.10. The van der Waals surface area contributed by atoms with Crippen LogP contribution in [0, 0.1) is 4.77 Å². The molecule has 4 heteroatoms. The molecule has 0 aliphatic heterocycles. The number of nitrogens with one attached hydrogen (secondary N) is 1. The van der Waals surface area contributed by atoms with E-state index in [2.05, 4.69) is 42.5 Å². The van der Waals surface area contributed by atoms with Crippen molar-refractivity contribution in [2.75, 3.05) is 0 Å². The highest BCUT2D eigenvalue weighted by molar-refractivity contribution is 7.71. The van der Waals surface area contributed by atoms with Crippen molar-refractivity contribution in [2.45, 2.75) is 46.1 Å². The molecule has 13 heavy (non-hydrogen) atoms. The molecular weight excluding hydrogens is 182 g/mol. The van der Waals surface area contributed by atoms with Gasteiger partial charge in [0.05, 0.1) is 0 Å². The quantitative estimate of drug-likeness (QED) is 0.759. The van der Waals surface area contributed by atoms with Crippen LogP contribution in [0.3, 0.4) is 0 Å². The third-order valence-corrected chi connectivity index (χ3v) is 2.59. The summed E-state index contributed by atoms with van der Waals surface area (Å²) in [6.07, 6.45) is 1.09. The molecule has 0 saturated carbocycles. The van der Waals surface area contributed by atoms with Crippen molar-refractivity contribution >= 4 is 12.2 Å². The first-order chi connectivity index (χ1) is 6.07. The van der Waals surface area contributed by atoms with Crippen molar-refractivity contribution in [3.05, 3.63) is 10.6 Å². The van der Waals surface area contributed by atoms with Gasteiger partial charge in [-0.15, -0.1) is 0 Å². The minimum Gasteiger partial charge on any atom is -0.301 e. The summed E-state index contributed by atoms with van der Waals surface area (Å²) in [4.78, 5) is 0. The lowest BCUT2D eigenvalue weighted by atomic mass is 10.1. The lowest BCUT2D eigenvalue weighted by Gasteiger charge is -2.13. The zero-order valence-corrected chi connectivity index (χ0v) is 9.48. The van der Waals surface area contributed by atoms with E-state index in [4.69, 9.17) is 12.2 Å². The van der Waals surface area contributed by atoms with Crippen molar-refractivity contribution in [3.8, 4) is 0 Å². The van der Waals surface area contributed by atoms with Crippen LogP contribution in [0.5, 0.6) is 0 Å². The molecule has 0 amide bonds. The molecule has 1 N–H and O–H groups in total. The molecule has 0 bridgehead atoms. The second-order valence-electron chi connectivity index (χ2n) is 3.66. The van der Waals surface area contributed by atoms with Crippen molar-refractivity contribution in [3.63, 3.8) is 0 Å². The summed E-state index contributed by atoms with van der Waals surface area (Å²) >= 11 is 5.16. The van der Waals surface area contributed by atoms with Crippen molar-refractivity contribution in [1.82, 2.24) is 14.8 Å². The minimum absolute atomic E-state index is 0.384. The fraction of sp³-hybridized carbons (Fsp3) is 0.778. The van der Waals surface area contributed by atoms with Crippen molar-refractivity contribution in [1.29, 1.82) is 0 Å². The second-order valence-corrected chi connectivity index (χ2v) is 4.05. The predicted molar refractivity (Wildman–Crippen MR) is 56.5 cm³/mol. The third-order valence-electron chi connectivity index (χ3n) is 2.30. The van der Waals surface area contributed by atoms with Crippen molar-refractivity contribution < 1.29 is 0 Å². The minimum atomic E-state index is 0.384. The number of hydrogen-bond acceptors (Lipinski definition) is 2. The van der Waals surface area contributed by atoms with Crippen LogP contribution in [0.1, 0.15) is 51.9 Å². The molecule has 0 radical (unpaired) electrons. The first kappa shape index (κ1) is 10.4. The molecule has 74 valence electrons. The summed E-state index contributed by atoms with van der Waals surface area (Å²) in [5.41, 5.74) is 0. The van der Waals surface area contributed by atoms with E-state index in [0.717, 1.165) is 17.0 Å². The average Bonchev–Trinajstić information content (AvgIpc) is 2.45. The molecule has 0 fully saturated rings. The van der Waals surface area contributed by atoms with E-state index in [9.17, 15) is 0 Å². The Kier molecular flexibility index (Phi) is 3.25. The SMILES string of the molecule is CCC(C)c1n[nH]c(=S)n1C(C)C. The summed E-state index contributed by atoms with van der Waals surface area (Å²) in [6.45, 7) is 8.57. The number of nitrogens with zero attached hydrogens (tertiary/aromatic N) is 2. The Labute approximate surface area is 84.2 Å². The Hall–Kier alpha value is -0.640. The predicted octanol–water partition coefficient (Wildman–Crippen LogP) is 3.04. The van der Waals surface area contributed by atoms with Gasteiger partial charge in [0, 0.05) is 12.0 Å². The number of aromatic nitrogens is 3. The van der Waals surface area contributed by atoms with E-state index >= 15 is 0 Å². The lowest BCUT2D eigenvalue weighted by Crippen LogP contribution is -2.08. The largest absolute Gasteiger partial charge is 0.301 e. The van der Waals surface area contributed by atoms with Crippen LogP contribution in [0.15, 0.2) is 0 Å². The molecule has 0 aliphatic carbocycles. The van der Waals surface area contributed by atoms with Crippen molar-refractivity contribution in [2.24, 2.45) is 0 Å². The van der Waals surface area contributed by atoms with E-state index in [1.54, 1.807) is 0 Å². The van der Waals surface area contributed by atoms with E-state index in [1.165, 1.54) is 0 Å². The molecule has 0 aliphatic rings. The lowest BCUT2D eigenvalue weighted by molar-refractivity contribution is 0.528. The van der Waals surface area contributed by atoms with Crippen LogP contribution >= 0.6 is 12.2 Å². The first-order valence-electron chi connectivity index (χ1n) is 4.74. The topological polar surface area (TPSA) is 33.6 Å². The molecule has 1 aromatic rings. The molecule has 3 nitrogen and oxygen atoms in total. The van der Waals surface area contributed by atoms with Gasteiger partial charge in [0.2, 0.25) is 0 Å². The zero-order valence-electron chi connectivity index (χ0n) is 8.66. The Balaban J connectivity index is 3.15. The fourth-order valence-corrected chi connectivity index (χ4v) is 1.70. The Bertz CT molecular complexity index is 324. The van der Waals surface area contributed by atoms with Gasteiger partial charge in [-0.25, -0.2) is 0 Å². The monoisotopic (exact) mass is 199 g/mol. The number of aromatic amines is 1. The van der Waals surface area contributed by atoms with Gasteiger partial charge in [0.15, 0.2) is 4.77 Å². The summed E-state index contributed by atoms with van der Waals surface area (Å²) in [6, 6.07) is 0.384. The van der Waals surface area contributed by atoms with Crippen LogP contribution < -0.4 is 0 Å². The standard InChI is InChI=1S/C9H17N3S/c1-5-7(4)8-10-11-9(13)12(8)6(2)3/h6-7H,5H2,1-4H3,(H,11,13).